The van der Waals surface area contributed by atoms with Crippen molar-refractivity contribution in [1.82, 2.24) is 4.57 Å². The first-order chi connectivity index (χ1) is 12.7. The highest BCUT2D eigenvalue weighted by Gasteiger charge is 2.16. The van der Waals surface area contributed by atoms with Crippen LogP contribution in [0.2, 0.25) is 0 Å². The number of rotatable bonds is 5. The summed E-state index contributed by atoms with van der Waals surface area (Å²) in [4.78, 5) is 19.3. The van der Waals surface area contributed by atoms with E-state index >= 15 is 0 Å². The molecule has 3 aromatic rings. The summed E-state index contributed by atoms with van der Waals surface area (Å²) in [6.45, 7) is 5.06. The molecule has 0 aliphatic carbocycles. The average Bonchev–Trinajstić information content (AvgIpc) is 3.00. The number of amides is 1. The second-order valence-electron chi connectivity index (χ2n) is 5.91. The van der Waals surface area contributed by atoms with Crippen LogP contribution in [0.3, 0.4) is 0 Å². The Morgan fingerprint density at radius 1 is 1.08 bits per heavy atom. The zero-order chi connectivity index (χ0) is 18.5. The topological polar surface area (TPSA) is 34.4 Å². The van der Waals surface area contributed by atoms with Crippen molar-refractivity contribution in [3.05, 3.63) is 73.4 Å². The minimum atomic E-state index is -0.180. The first kappa shape index (κ1) is 19.0. The maximum Gasteiger partial charge on any atom is 0.280 e. The number of halogens is 1. The van der Waals surface area contributed by atoms with Crippen molar-refractivity contribution in [2.24, 2.45) is 4.99 Å². The van der Waals surface area contributed by atoms with Crippen LogP contribution in [0.25, 0.3) is 11.3 Å². The van der Waals surface area contributed by atoms with Gasteiger partial charge in [-0.05, 0) is 53.6 Å². The monoisotopic (exact) mass is 476 g/mol. The minimum Gasteiger partial charge on any atom is -0.316 e. The molecule has 0 fully saturated rings. The van der Waals surface area contributed by atoms with Crippen LogP contribution in [0.4, 0.5) is 0 Å². The summed E-state index contributed by atoms with van der Waals surface area (Å²) in [5.74, 6) is -0.180. The lowest BCUT2D eigenvalue weighted by molar-refractivity contribution is 0.0997. The first-order valence-corrected chi connectivity index (χ1v) is 10.7. The minimum absolute atomic E-state index is 0.180. The predicted octanol–water partition coefficient (Wildman–Crippen LogP) is 5.53. The molecule has 1 heterocycles. The number of thiazole rings is 1. The molecule has 0 radical (unpaired) electrons. The van der Waals surface area contributed by atoms with Gasteiger partial charge in [-0.2, -0.15) is 4.99 Å². The third-order valence-corrected chi connectivity index (χ3v) is 6.20. The molecule has 26 heavy (non-hydrogen) atoms. The molecule has 0 bridgehead atoms. The van der Waals surface area contributed by atoms with Gasteiger partial charge in [0.1, 0.15) is 0 Å². The lowest BCUT2D eigenvalue weighted by Crippen LogP contribution is -2.17. The molecule has 1 amide bonds. The normalized spacial score (nSPS) is 11.7. The number of aromatic nitrogens is 1. The number of carbonyl (C=O) groups is 1. The Labute approximate surface area is 171 Å². The Kier molecular flexibility index (Phi) is 6.43. The number of carbonyl (C=O) groups excluding carboxylic acids is 1. The molecule has 0 aliphatic rings. The van der Waals surface area contributed by atoms with E-state index in [-0.39, 0.29) is 5.91 Å². The summed E-state index contributed by atoms with van der Waals surface area (Å²) in [5, 5.41) is 0. The van der Waals surface area contributed by atoms with Crippen LogP contribution in [0.15, 0.2) is 59.6 Å². The largest absolute Gasteiger partial charge is 0.316 e. The molecule has 1 aromatic heterocycles. The van der Waals surface area contributed by atoms with Crippen LogP contribution in [-0.2, 0) is 13.0 Å². The highest BCUT2D eigenvalue weighted by Crippen LogP contribution is 2.27. The standard InChI is InChI=1S/C21H21IN2OS/c1-3-10-18-19(15-11-6-5-7-12-15)24(4-2)21(26-18)23-20(25)16-13-8-9-14-17(16)22/h5-9,11-14H,3-4,10H2,1-2H3. The zero-order valence-electron chi connectivity index (χ0n) is 14.9. The fourth-order valence-electron chi connectivity index (χ4n) is 2.93. The predicted molar refractivity (Wildman–Crippen MR) is 116 cm³/mol. The average molecular weight is 476 g/mol. The lowest BCUT2D eigenvalue weighted by Gasteiger charge is -2.08. The Balaban J connectivity index is 2.16. The Bertz CT molecular complexity index is 973. The van der Waals surface area contributed by atoms with Gasteiger partial charge in [0.15, 0.2) is 4.80 Å². The van der Waals surface area contributed by atoms with Crippen LogP contribution in [0.1, 0.15) is 35.5 Å². The molecule has 5 heteroatoms. The summed E-state index contributed by atoms with van der Waals surface area (Å²) in [5.41, 5.74) is 3.02. The van der Waals surface area contributed by atoms with Crippen LogP contribution in [-0.4, -0.2) is 10.5 Å². The molecule has 0 aliphatic heterocycles. The van der Waals surface area contributed by atoms with E-state index in [1.807, 2.05) is 30.3 Å². The molecular formula is C21H21IN2OS. The summed E-state index contributed by atoms with van der Waals surface area (Å²) in [6, 6.07) is 18.0. The quantitative estimate of drug-likeness (QED) is 0.446. The van der Waals surface area contributed by atoms with E-state index in [9.17, 15) is 4.79 Å². The van der Waals surface area contributed by atoms with Gasteiger partial charge in [-0.3, -0.25) is 4.79 Å². The van der Waals surface area contributed by atoms with Crippen molar-refractivity contribution in [1.29, 1.82) is 0 Å². The van der Waals surface area contributed by atoms with Crippen molar-refractivity contribution in [3.63, 3.8) is 0 Å². The SMILES string of the molecule is CCCc1sc(=NC(=O)c2ccccc2I)n(CC)c1-c1ccccc1. The maximum absolute atomic E-state index is 12.7. The third-order valence-electron chi connectivity index (χ3n) is 4.12. The first-order valence-electron chi connectivity index (χ1n) is 8.77. The fourth-order valence-corrected chi connectivity index (χ4v) is 4.86. The van der Waals surface area contributed by atoms with Crippen molar-refractivity contribution >= 4 is 39.8 Å². The smallest absolute Gasteiger partial charge is 0.280 e. The van der Waals surface area contributed by atoms with Gasteiger partial charge in [-0.1, -0.05) is 55.8 Å². The van der Waals surface area contributed by atoms with Crippen LogP contribution in [0, 0.1) is 3.57 Å². The molecule has 0 N–H and O–H groups in total. The molecule has 3 nitrogen and oxygen atoms in total. The molecular weight excluding hydrogens is 455 g/mol. The molecule has 0 saturated carbocycles. The van der Waals surface area contributed by atoms with E-state index < -0.39 is 0 Å². The van der Waals surface area contributed by atoms with E-state index in [0.717, 1.165) is 27.8 Å². The van der Waals surface area contributed by atoms with E-state index in [4.69, 9.17) is 0 Å². The van der Waals surface area contributed by atoms with Gasteiger partial charge in [-0.25, -0.2) is 0 Å². The van der Waals surface area contributed by atoms with Crippen molar-refractivity contribution in [2.75, 3.05) is 0 Å². The Morgan fingerprint density at radius 2 is 1.77 bits per heavy atom. The summed E-state index contributed by atoms with van der Waals surface area (Å²) in [6.07, 6.45) is 2.05. The molecule has 0 atom stereocenters. The van der Waals surface area contributed by atoms with Gasteiger partial charge in [-0.15, -0.1) is 11.3 Å². The van der Waals surface area contributed by atoms with E-state index in [0.29, 0.717) is 5.56 Å². The summed E-state index contributed by atoms with van der Waals surface area (Å²) in [7, 11) is 0. The third kappa shape index (κ3) is 3.99. The Hall–Kier alpha value is -1.73. The molecule has 0 unspecified atom stereocenters. The van der Waals surface area contributed by atoms with Crippen molar-refractivity contribution in [3.8, 4) is 11.3 Å². The Morgan fingerprint density at radius 3 is 2.42 bits per heavy atom. The van der Waals surface area contributed by atoms with E-state index in [1.165, 1.54) is 16.1 Å². The van der Waals surface area contributed by atoms with E-state index in [2.05, 4.69) is 70.3 Å². The number of nitrogens with zero attached hydrogens (tertiary/aromatic N) is 2. The van der Waals surface area contributed by atoms with Gasteiger partial charge in [0.25, 0.3) is 5.91 Å². The van der Waals surface area contributed by atoms with Crippen LogP contribution < -0.4 is 4.80 Å². The van der Waals surface area contributed by atoms with Crippen molar-refractivity contribution < 1.29 is 4.79 Å². The molecule has 2 aromatic carbocycles. The highest BCUT2D eigenvalue weighted by molar-refractivity contribution is 14.1. The number of hydrogen-bond donors (Lipinski definition) is 0. The summed E-state index contributed by atoms with van der Waals surface area (Å²) >= 11 is 3.82. The lowest BCUT2D eigenvalue weighted by atomic mass is 10.1. The van der Waals surface area contributed by atoms with Gasteiger partial charge < -0.3 is 4.57 Å². The second kappa shape index (κ2) is 8.77. The number of aryl methyl sites for hydroxylation is 1. The molecule has 0 saturated heterocycles. The maximum atomic E-state index is 12.7. The van der Waals surface area contributed by atoms with Gasteiger partial charge in [0.2, 0.25) is 0 Å². The van der Waals surface area contributed by atoms with Gasteiger partial charge in [0.05, 0.1) is 11.3 Å². The number of hydrogen-bond acceptors (Lipinski definition) is 2. The van der Waals surface area contributed by atoms with Crippen LogP contribution in [0.5, 0.6) is 0 Å². The number of benzene rings is 2. The highest BCUT2D eigenvalue weighted by atomic mass is 127. The molecule has 3 rings (SSSR count). The van der Waals surface area contributed by atoms with E-state index in [1.54, 1.807) is 11.3 Å². The van der Waals surface area contributed by atoms with Crippen LogP contribution >= 0.6 is 33.9 Å². The fraction of sp³-hybridized carbons (Fsp3) is 0.238. The zero-order valence-corrected chi connectivity index (χ0v) is 17.9. The second-order valence-corrected chi connectivity index (χ2v) is 8.14. The molecule has 0 spiro atoms. The summed E-state index contributed by atoms with van der Waals surface area (Å²) < 4.78 is 3.09. The molecule has 134 valence electrons. The van der Waals surface area contributed by atoms with Crippen molar-refractivity contribution in [2.45, 2.75) is 33.2 Å². The van der Waals surface area contributed by atoms with Gasteiger partial charge >= 0.3 is 0 Å². The van der Waals surface area contributed by atoms with Gasteiger partial charge in [0, 0.05) is 15.0 Å².